The lowest BCUT2D eigenvalue weighted by molar-refractivity contribution is -0.127. The summed E-state index contributed by atoms with van der Waals surface area (Å²) in [7, 11) is -3.78. The summed E-state index contributed by atoms with van der Waals surface area (Å²) < 4.78 is 46.6. The van der Waals surface area contributed by atoms with Crippen LogP contribution in [0.25, 0.3) is 0 Å². The summed E-state index contributed by atoms with van der Waals surface area (Å²) in [6.45, 7) is 6.44. The zero-order chi connectivity index (χ0) is 23.1. The number of nitrogens with one attached hydrogen (secondary N) is 1. The molecule has 8 heteroatoms. The molecule has 0 aromatic heterocycles. The molecule has 1 saturated heterocycles. The van der Waals surface area contributed by atoms with E-state index in [-0.39, 0.29) is 23.4 Å². The number of hydrogen-bond donors (Lipinski definition) is 1. The molecule has 0 radical (unpaired) electrons. The molecular formula is C24H29FN2O4S. The van der Waals surface area contributed by atoms with Crippen LogP contribution >= 0.6 is 0 Å². The van der Waals surface area contributed by atoms with Crippen LogP contribution in [0.15, 0.2) is 47.4 Å². The maximum Gasteiger partial charge on any atom is 0.243 e. The largest absolute Gasteiger partial charge is 0.487 e. The standard InChI is InChI=1S/C24H29FN2O4S/c1-16-6-11-22-20(13-16)21(14-24(2,3)31-22)26-23(28)17-5-4-12-27(15-17)32(29,30)19-9-7-18(25)8-10-19/h6-11,13,17,21H,4-5,12,14-15H2,1-3H3,(H,26,28)/t17-,21-/m0/s1. The Kier molecular flexibility index (Phi) is 6.02. The summed E-state index contributed by atoms with van der Waals surface area (Å²) in [6, 6.07) is 10.5. The molecule has 172 valence electrons. The van der Waals surface area contributed by atoms with Crippen LogP contribution in [0, 0.1) is 18.7 Å². The summed E-state index contributed by atoms with van der Waals surface area (Å²) in [5.74, 6) is -0.326. The van der Waals surface area contributed by atoms with Crippen LogP contribution in [0.3, 0.4) is 0 Å². The number of nitrogens with zero attached hydrogens (tertiary/aromatic N) is 1. The minimum atomic E-state index is -3.78. The number of aryl methyl sites for hydroxylation is 1. The highest BCUT2D eigenvalue weighted by molar-refractivity contribution is 7.89. The lowest BCUT2D eigenvalue weighted by Gasteiger charge is -2.39. The first-order chi connectivity index (χ1) is 15.0. The van der Waals surface area contributed by atoms with Gasteiger partial charge in [-0.05, 0) is 63.9 Å². The number of ether oxygens (including phenoxy) is 1. The van der Waals surface area contributed by atoms with Crippen LogP contribution in [0.5, 0.6) is 5.75 Å². The van der Waals surface area contributed by atoms with Crippen molar-refractivity contribution < 1.29 is 22.3 Å². The van der Waals surface area contributed by atoms with Gasteiger partial charge in [-0.2, -0.15) is 4.31 Å². The average Bonchev–Trinajstić information content (AvgIpc) is 2.74. The highest BCUT2D eigenvalue weighted by Gasteiger charge is 2.38. The van der Waals surface area contributed by atoms with E-state index in [0.29, 0.717) is 25.8 Å². The zero-order valence-corrected chi connectivity index (χ0v) is 19.4. The molecule has 2 aromatic carbocycles. The van der Waals surface area contributed by atoms with Crippen molar-refractivity contribution in [3.05, 3.63) is 59.4 Å². The second kappa shape index (κ2) is 8.48. The highest BCUT2D eigenvalue weighted by Crippen LogP contribution is 2.40. The quantitative estimate of drug-likeness (QED) is 0.750. The van der Waals surface area contributed by atoms with E-state index in [9.17, 15) is 17.6 Å². The number of benzene rings is 2. The summed E-state index contributed by atoms with van der Waals surface area (Å²) >= 11 is 0. The second-order valence-electron chi connectivity index (χ2n) is 9.32. The van der Waals surface area contributed by atoms with Gasteiger partial charge >= 0.3 is 0 Å². The van der Waals surface area contributed by atoms with E-state index in [2.05, 4.69) is 5.32 Å². The van der Waals surface area contributed by atoms with Crippen molar-refractivity contribution in [2.75, 3.05) is 13.1 Å². The molecular weight excluding hydrogens is 431 g/mol. The van der Waals surface area contributed by atoms with Gasteiger partial charge in [-0.25, -0.2) is 12.8 Å². The van der Waals surface area contributed by atoms with Crippen molar-refractivity contribution in [1.82, 2.24) is 9.62 Å². The first-order valence-corrected chi connectivity index (χ1v) is 12.3. The molecule has 2 aromatic rings. The summed E-state index contributed by atoms with van der Waals surface area (Å²) in [5.41, 5.74) is 1.61. The monoisotopic (exact) mass is 460 g/mol. The van der Waals surface area contributed by atoms with Gasteiger partial charge in [0, 0.05) is 25.1 Å². The van der Waals surface area contributed by atoms with E-state index in [1.54, 1.807) is 0 Å². The van der Waals surface area contributed by atoms with Crippen LogP contribution in [0.4, 0.5) is 4.39 Å². The predicted molar refractivity (Wildman–Crippen MR) is 119 cm³/mol. The number of rotatable bonds is 4. The third-order valence-electron chi connectivity index (χ3n) is 6.15. The molecule has 2 aliphatic rings. The fourth-order valence-electron chi connectivity index (χ4n) is 4.52. The fourth-order valence-corrected chi connectivity index (χ4v) is 6.05. The Morgan fingerprint density at radius 1 is 1.19 bits per heavy atom. The molecule has 6 nitrogen and oxygen atoms in total. The fraction of sp³-hybridized carbons (Fsp3) is 0.458. The minimum Gasteiger partial charge on any atom is -0.487 e. The molecule has 1 fully saturated rings. The summed E-state index contributed by atoms with van der Waals surface area (Å²) in [6.07, 6.45) is 1.83. The van der Waals surface area contributed by atoms with Gasteiger partial charge in [-0.1, -0.05) is 17.7 Å². The van der Waals surface area contributed by atoms with E-state index in [0.717, 1.165) is 29.0 Å². The molecule has 2 atom stereocenters. The summed E-state index contributed by atoms with van der Waals surface area (Å²) in [4.78, 5) is 13.2. The SMILES string of the molecule is Cc1ccc2c(c1)[C@@H](NC(=O)[C@H]1CCCN(S(=O)(=O)c3ccc(F)cc3)C1)CC(C)(C)O2. The molecule has 0 unspecified atom stereocenters. The lowest BCUT2D eigenvalue weighted by atomic mass is 9.88. The highest BCUT2D eigenvalue weighted by atomic mass is 32.2. The first kappa shape index (κ1) is 22.7. The molecule has 0 saturated carbocycles. The van der Waals surface area contributed by atoms with Crippen LogP contribution in [0.2, 0.25) is 0 Å². The second-order valence-corrected chi connectivity index (χ2v) is 11.3. The van der Waals surface area contributed by atoms with E-state index < -0.39 is 27.4 Å². The van der Waals surface area contributed by atoms with E-state index in [4.69, 9.17) is 4.74 Å². The number of sulfonamides is 1. The molecule has 0 spiro atoms. The van der Waals surface area contributed by atoms with E-state index in [1.807, 2.05) is 39.0 Å². The number of piperidine rings is 1. The zero-order valence-electron chi connectivity index (χ0n) is 18.6. The number of hydrogen-bond acceptors (Lipinski definition) is 4. The van der Waals surface area contributed by atoms with Gasteiger partial charge in [0.2, 0.25) is 15.9 Å². The van der Waals surface area contributed by atoms with Crippen molar-refractivity contribution in [2.45, 2.75) is 56.6 Å². The van der Waals surface area contributed by atoms with Crippen molar-refractivity contribution in [3.63, 3.8) is 0 Å². The van der Waals surface area contributed by atoms with Crippen molar-refractivity contribution >= 4 is 15.9 Å². The smallest absolute Gasteiger partial charge is 0.243 e. The number of fused-ring (bicyclic) bond motifs is 1. The number of carbonyl (C=O) groups excluding carboxylic acids is 1. The Bertz CT molecular complexity index is 1120. The van der Waals surface area contributed by atoms with Crippen molar-refractivity contribution in [3.8, 4) is 5.75 Å². The normalized spacial score (nSPS) is 23.1. The Morgan fingerprint density at radius 2 is 1.91 bits per heavy atom. The number of halogens is 1. The van der Waals surface area contributed by atoms with Crippen LogP contribution in [0.1, 0.15) is 50.3 Å². The van der Waals surface area contributed by atoms with Crippen molar-refractivity contribution in [2.24, 2.45) is 5.92 Å². The van der Waals surface area contributed by atoms with E-state index in [1.165, 1.54) is 16.4 Å². The van der Waals surface area contributed by atoms with Gasteiger partial charge in [-0.15, -0.1) is 0 Å². The molecule has 32 heavy (non-hydrogen) atoms. The predicted octanol–water partition coefficient (Wildman–Crippen LogP) is 3.95. The van der Waals surface area contributed by atoms with Gasteiger partial charge in [0.05, 0.1) is 16.9 Å². The molecule has 1 N–H and O–H groups in total. The van der Waals surface area contributed by atoms with Gasteiger partial charge < -0.3 is 10.1 Å². The van der Waals surface area contributed by atoms with Crippen LogP contribution in [-0.4, -0.2) is 37.3 Å². The first-order valence-electron chi connectivity index (χ1n) is 10.9. The molecule has 4 rings (SSSR count). The van der Waals surface area contributed by atoms with Crippen LogP contribution in [-0.2, 0) is 14.8 Å². The Morgan fingerprint density at radius 3 is 2.62 bits per heavy atom. The molecule has 2 heterocycles. The Labute approximate surface area is 188 Å². The lowest BCUT2D eigenvalue weighted by Crippen LogP contribution is -2.48. The number of amides is 1. The third-order valence-corrected chi connectivity index (χ3v) is 8.02. The number of carbonyl (C=O) groups is 1. The minimum absolute atomic E-state index is 0.0375. The Hall–Kier alpha value is -2.45. The Balaban J connectivity index is 1.51. The maximum atomic E-state index is 13.2. The topological polar surface area (TPSA) is 75.7 Å². The summed E-state index contributed by atoms with van der Waals surface area (Å²) in [5, 5.41) is 3.16. The van der Waals surface area contributed by atoms with Gasteiger partial charge in [-0.3, -0.25) is 4.79 Å². The van der Waals surface area contributed by atoms with Crippen LogP contribution < -0.4 is 10.1 Å². The molecule has 1 amide bonds. The van der Waals surface area contributed by atoms with Gasteiger partial charge in [0.25, 0.3) is 0 Å². The van der Waals surface area contributed by atoms with Gasteiger partial charge in [0.15, 0.2) is 0 Å². The third kappa shape index (κ3) is 4.66. The molecule has 2 aliphatic heterocycles. The average molecular weight is 461 g/mol. The molecule has 0 aliphatic carbocycles. The van der Waals surface area contributed by atoms with Crippen molar-refractivity contribution in [1.29, 1.82) is 0 Å². The maximum absolute atomic E-state index is 13.2. The van der Waals surface area contributed by atoms with E-state index >= 15 is 0 Å². The van der Waals surface area contributed by atoms with Gasteiger partial charge in [0.1, 0.15) is 17.2 Å². The molecule has 0 bridgehead atoms.